The number of esters is 1. The lowest BCUT2D eigenvalue weighted by molar-refractivity contribution is -0.0906. The highest BCUT2D eigenvalue weighted by Crippen LogP contribution is 2.29. The van der Waals surface area contributed by atoms with Crippen molar-refractivity contribution in [1.29, 1.82) is 0 Å². The Balaban J connectivity index is 1.39. The van der Waals surface area contributed by atoms with Gasteiger partial charge in [-0.15, -0.1) is 0 Å². The summed E-state index contributed by atoms with van der Waals surface area (Å²) < 4.78 is 16.7. The molecule has 0 N–H and O–H groups in total. The van der Waals surface area contributed by atoms with Gasteiger partial charge in [-0.05, 0) is 38.0 Å². The lowest BCUT2D eigenvalue weighted by Crippen LogP contribution is -2.60. The SMILES string of the molecule is CC(C)(C)OC(=O)N1CCN2CC(c3ccc4c(c3)CCOC4=O)OC[C@@H]2C1. The number of carbonyl (C=O) groups excluding carboxylic acids is 2. The third-order valence-electron chi connectivity index (χ3n) is 5.47. The van der Waals surface area contributed by atoms with Crippen molar-refractivity contribution >= 4 is 12.1 Å². The Hall–Kier alpha value is -2.12. The first-order chi connectivity index (χ1) is 13.3. The molecule has 0 aromatic heterocycles. The fourth-order valence-electron chi connectivity index (χ4n) is 4.03. The van der Waals surface area contributed by atoms with E-state index in [1.54, 1.807) is 4.90 Å². The minimum absolute atomic E-state index is 0.0208. The zero-order chi connectivity index (χ0) is 19.9. The van der Waals surface area contributed by atoms with E-state index >= 15 is 0 Å². The number of benzene rings is 1. The smallest absolute Gasteiger partial charge is 0.410 e. The fraction of sp³-hybridized carbons (Fsp3) is 0.619. The van der Waals surface area contributed by atoms with E-state index in [2.05, 4.69) is 11.0 Å². The second-order valence-electron chi connectivity index (χ2n) is 8.70. The summed E-state index contributed by atoms with van der Waals surface area (Å²) in [5.74, 6) is -0.240. The third-order valence-corrected chi connectivity index (χ3v) is 5.47. The minimum Gasteiger partial charge on any atom is -0.462 e. The molecule has 1 amide bonds. The van der Waals surface area contributed by atoms with Crippen molar-refractivity contribution in [3.8, 4) is 0 Å². The second-order valence-corrected chi connectivity index (χ2v) is 8.70. The number of fused-ring (bicyclic) bond motifs is 2. The van der Waals surface area contributed by atoms with E-state index in [-0.39, 0.29) is 24.2 Å². The van der Waals surface area contributed by atoms with Crippen LogP contribution in [-0.4, -0.2) is 72.9 Å². The van der Waals surface area contributed by atoms with Gasteiger partial charge < -0.3 is 19.1 Å². The van der Waals surface area contributed by atoms with Gasteiger partial charge in [-0.25, -0.2) is 9.59 Å². The summed E-state index contributed by atoms with van der Waals surface area (Å²) in [6.45, 7) is 9.54. The first-order valence-corrected chi connectivity index (χ1v) is 9.94. The van der Waals surface area contributed by atoms with Gasteiger partial charge in [-0.3, -0.25) is 4.90 Å². The van der Waals surface area contributed by atoms with Crippen molar-refractivity contribution in [2.24, 2.45) is 0 Å². The molecule has 7 nitrogen and oxygen atoms in total. The maximum atomic E-state index is 12.3. The summed E-state index contributed by atoms with van der Waals surface area (Å²) in [7, 11) is 0. The predicted molar refractivity (Wildman–Crippen MR) is 102 cm³/mol. The van der Waals surface area contributed by atoms with Gasteiger partial charge in [0.25, 0.3) is 0 Å². The summed E-state index contributed by atoms with van der Waals surface area (Å²) in [5, 5.41) is 0. The van der Waals surface area contributed by atoms with Crippen molar-refractivity contribution < 1.29 is 23.8 Å². The van der Waals surface area contributed by atoms with Gasteiger partial charge in [0.15, 0.2) is 0 Å². The Labute approximate surface area is 165 Å². The Morgan fingerprint density at radius 1 is 1.21 bits per heavy atom. The Bertz CT molecular complexity index is 773. The maximum Gasteiger partial charge on any atom is 0.410 e. The number of cyclic esters (lactones) is 1. The molecule has 0 radical (unpaired) electrons. The molecule has 3 aliphatic rings. The Morgan fingerprint density at radius 3 is 2.82 bits per heavy atom. The quantitative estimate of drug-likeness (QED) is 0.688. The van der Waals surface area contributed by atoms with E-state index in [0.29, 0.717) is 31.9 Å². The van der Waals surface area contributed by atoms with Gasteiger partial charge in [0, 0.05) is 32.6 Å². The van der Waals surface area contributed by atoms with Crippen LogP contribution in [0.1, 0.15) is 48.4 Å². The monoisotopic (exact) mass is 388 g/mol. The number of hydrogen-bond acceptors (Lipinski definition) is 6. The van der Waals surface area contributed by atoms with Crippen molar-refractivity contribution in [2.45, 2.75) is 44.9 Å². The van der Waals surface area contributed by atoms with Crippen molar-refractivity contribution in [1.82, 2.24) is 9.80 Å². The van der Waals surface area contributed by atoms with Crippen LogP contribution in [0.25, 0.3) is 0 Å². The van der Waals surface area contributed by atoms with E-state index in [1.165, 1.54) is 0 Å². The van der Waals surface area contributed by atoms with Crippen molar-refractivity contribution in [3.05, 3.63) is 34.9 Å². The summed E-state index contributed by atoms with van der Waals surface area (Å²) in [6.07, 6.45) is 0.474. The van der Waals surface area contributed by atoms with E-state index in [0.717, 1.165) is 30.6 Å². The van der Waals surface area contributed by atoms with Crippen molar-refractivity contribution in [2.75, 3.05) is 39.4 Å². The average molecular weight is 388 g/mol. The molecule has 2 atom stereocenters. The summed E-state index contributed by atoms with van der Waals surface area (Å²) in [6, 6.07) is 6.08. The van der Waals surface area contributed by atoms with Gasteiger partial charge in [-0.1, -0.05) is 12.1 Å². The molecular weight excluding hydrogens is 360 g/mol. The fourth-order valence-corrected chi connectivity index (χ4v) is 4.03. The van der Waals surface area contributed by atoms with Crippen LogP contribution in [-0.2, 0) is 20.6 Å². The van der Waals surface area contributed by atoms with E-state index < -0.39 is 5.60 Å². The van der Waals surface area contributed by atoms with Gasteiger partial charge >= 0.3 is 12.1 Å². The van der Waals surface area contributed by atoms with Crippen LogP contribution in [0.4, 0.5) is 4.79 Å². The molecule has 0 aliphatic carbocycles. The van der Waals surface area contributed by atoms with E-state index in [4.69, 9.17) is 14.2 Å². The number of nitrogens with zero attached hydrogens (tertiary/aromatic N) is 2. The van der Waals surface area contributed by atoms with Gasteiger partial charge in [0.05, 0.1) is 30.9 Å². The van der Waals surface area contributed by atoms with Gasteiger partial charge in [0.1, 0.15) is 5.60 Å². The zero-order valence-electron chi connectivity index (χ0n) is 16.8. The van der Waals surface area contributed by atoms with Crippen LogP contribution < -0.4 is 0 Å². The summed E-state index contributed by atoms with van der Waals surface area (Å²) in [5.41, 5.74) is 2.31. The van der Waals surface area contributed by atoms with E-state index in [1.807, 2.05) is 32.9 Å². The van der Waals surface area contributed by atoms with Crippen LogP contribution in [0.15, 0.2) is 18.2 Å². The molecule has 3 aliphatic heterocycles. The molecule has 3 heterocycles. The predicted octanol–water partition coefficient (Wildman–Crippen LogP) is 2.39. The lowest BCUT2D eigenvalue weighted by Gasteiger charge is -2.46. The van der Waals surface area contributed by atoms with Gasteiger partial charge in [-0.2, -0.15) is 0 Å². The molecule has 4 rings (SSSR count). The number of piperazine rings is 1. The summed E-state index contributed by atoms with van der Waals surface area (Å²) >= 11 is 0. The van der Waals surface area contributed by atoms with Crippen LogP contribution in [0.2, 0.25) is 0 Å². The number of morpholine rings is 1. The number of ether oxygens (including phenoxy) is 3. The Morgan fingerprint density at radius 2 is 2.04 bits per heavy atom. The zero-order valence-corrected chi connectivity index (χ0v) is 16.8. The standard InChI is InChI=1S/C21H28N2O5/c1-21(2,3)28-20(25)23-8-7-22-12-18(27-13-16(22)11-23)15-4-5-17-14(10-15)6-9-26-19(17)24/h4-5,10,16,18H,6-9,11-13H2,1-3H3/t16-,18?/m0/s1. The summed E-state index contributed by atoms with van der Waals surface area (Å²) in [4.78, 5) is 28.3. The molecule has 2 fully saturated rings. The molecule has 0 saturated carbocycles. The molecule has 7 heteroatoms. The van der Waals surface area contributed by atoms with Crippen LogP contribution >= 0.6 is 0 Å². The second kappa shape index (κ2) is 7.37. The topological polar surface area (TPSA) is 68.3 Å². The maximum absolute atomic E-state index is 12.3. The Kier molecular flexibility index (Phi) is 5.05. The normalized spacial score (nSPS) is 25.5. The first-order valence-electron chi connectivity index (χ1n) is 9.94. The largest absolute Gasteiger partial charge is 0.462 e. The first kappa shape index (κ1) is 19.2. The molecule has 1 unspecified atom stereocenters. The van der Waals surface area contributed by atoms with Crippen LogP contribution in [0.3, 0.4) is 0 Å². The highest BCUT2D eigenvalue weighted by molar-refractivity contribution is 5.92. The third kappa shape index (κ3) is 4.00. The van der Waals surface area contributed by atoms with Crippen LogP contribution in [0, 0.1) is 0 Å². The molecule has 2 saturated heterocycles. The molecule has 0 spiro atoms. The molecule has 1 aromatic rings. The molecule has 152 valence electrons. The molecular formula is C21H28N2O5. The molecule has 28 heavy (non-hydrogen) atoms. The van der Waals surface area contributed by atoms with Crippen molar-refractivity contribution in [3.63, 3.8) is 0 Å². The number of carbonyl (C=O) groups is 2. The molecule has 1 aromatic carbocycles. The van der Waals surface area contributed by atoms with E-state index in [9.17, 15) is 9.59 Å². The van der Waals surface area contributed by atoms with Gasteiger partial charge in [0.2, 0.25) is 0 Å². The highest BCUT2D eigenvalue weighted by atomic mass is 16.6. The average Bonchev–Trinajstić information content (AvgIpc) is 2.66. The highest BCUT2D eigenvalue weighted by Gasteiger charge is 2.37. The number of amides is 1. The minimum atomic E-state index is -0.485. The molecule has 0 bridgehead atoms. The lowest BCUT2D eigenvalue weighted by atomic mass is 9.96. The number of hydrogen-bond donors (Lipinski definition) is 0. The van der Waals surface area contributed by atoms with Crippen LogP contribution in [0.5, 0.6) is 0 Å². The number of rotatable bonds is 1.